The molecule has 0 heterocycles. The summed E-state index contributed by atoms with van der Waals surface area (Å²) in [5.74, 6) is -0.516. The summed E-state index contributed by atoms with van der Waals surface area (Å²) in [6, 6.07) is 10.1. The van der Waals surface area contributed by atoms with Gasteiger partial charge in [-0.15, -0.1) is 0 Å². The molecule has 0 saturated heterocycles. The Hall–Kier alpha value is -3.62. The highest BCUT2D eigenvalue weighted by atomic mass is 16.6. The first kappa shape index (κ1) is 27.6. The molecule has 2 atom stereocenters. The number of hydrogen-bond donors (Lipinski definition) is 2. The van der Waals surface area contributed by atoms with Crippen molar-refractivity contribution >= 4 is 11.9 Å². The average molecular weight is 485 g/mol. The lowest BCUT2D eigenvalue weighted by atomic mass is 9.77. The van der Waals surface area contributed by atoms with Crippen molar-refractivity contribution in [3.05, 3.63) is 72.8 Å². The van der Waals surface area contributed by atoms with E-state index in [0.717, 1.165) is 12.2 Å². The van der Waals surface area contributed by atoms with Crippen LogP contribution in [0.25, 0.3) is 0 Å². The van der Waals surface area contributed by atoms with Gasteiger partial charge in [0.2, 0.25) is 0 Å². The number of aliphatic hydroxyl groups is 2. The molecular formula is C27H32O8. The topological polar surface area (TPSA) is 112 Å². The van der Waals surface area contributed by atoms with Gasteiger partial charge in [-0.1, -0.05) is 51.3 Å². The predicted octanol–water partition coefficient (Wildman–Crippen LogP) is 3.71. The lowest BCUT2D eigenvalue weighted by molar-refractivity contribution is -0.130. The normalized spacial score (nSPS) is 12.7. The van der Waals surface area contributed by atoms with Crippen LogP contribution in [0.15, 0.2) is 61.7 Å². The molecule has 2 rings (SSSR count). The highest BCUT2D eigenvalue weighted by Crippen LogP contribution is 2.47. The van der Waals surface area contributed by atoms with Crippen molar-refractivity contribution in [3.63, 3.8) is 0 Å². The fourth-order valence-electron chi connectivity index (χ4n) is 3.33. The summed E-state index contributed by atoms with van der Waals surface area (Å²) in [6.07, 6.45) is 0.521. The Morgan fingerprint density at radius 2 is 1.20 bits per heavy atom. The fourth-order valence-corrected chi connectivity index (χ4v) is 3.33. The van der Waals surface area contributed by atoms with E-state index in [1.54, 1.807) is 50.2 Å². The summed E-state index contributed by atoms with van der Waals surface area (Å²) in [7, 11) is 0. The van der Waals surface area contributed by atoms with Crippen molar-refractivity contribution < 1.29 is 38.7 Å². The quantitative estimate of drug-likeness (QED) is 0.266. The zero-order chi connectivity index (χ0) is 26.2. The van der Waals surface area contributed by atoms with E-state index in [-0.39, 0.29) is 36.2 Å². The molecule has 0 aliphatic heterocycles. The third-order valence-electron chi connectivity index (χ3n) is 5.00. The zero-order valence-corrected chi connectivity index (χ0v) is 20.4. The Labute approximate surface area is 205 Å². The molecule has 2 N–H and O–H groups in total. The number of rotatable bonds is 12. The summed E-state index contributed by atoms with van der Waals surface area (Å²) in [5.41, 5.74) is 0.373. The maximum atomic E-state index is 11.9. The van der Waals surface area contributed by atoms with Gasteiger partial charge in [0.15, 0.2) is 23.0 Å². The molecule has 2 unspecified atom stereocenters. The molecule has 0 spiro atoms. The first-order valence-corrected chi connectivity index (χ1v) is 11.1. The van der Waals surface area contributed by atoms with Gasteiger partial charge in [-0.3, -0.25) is 0 Å². The second kappa shape index (κ2) is 12.2. The number of para-hydroxylation sites is 2. The van der Waals surface area contributed by atoms with E-state index in [1.807, 2.05) is 13.8 Å². The van der Waals surface area contributed by atoms with Crippen LogP contribution in [-0.2, 0) is 15.0 Å². The number of carbonyl (C=O) groups excluding carboxylic acids is 2. The SMILES string of the molecule is C=CC(=O)Oc1cccc(C(C)(C)c2cccc(OC(=O)C=C)c2OCC(C)O)c1OCC(C)O. The van der Waals surface area contributed by atoms with E-state index in [4.69, 9.17) is 18.9 Å². The highest BCUT2D eigenvalue weighted by Gasteiger charge is 2.33. The lowest BCUT2D eigenvalue weighted by Crippen LogP contribution is -2.25. The summed E-state index contributed by atoms with van der Waals surface area (Å²) in [5, 5.41) is 19.6. The van der Waals surface area contributed by atoms with E-state index < -0.39 is 29.6 Å². The van der Waals surface area contributed by atoms with E-state index >= 15 is 0 Å². The van der Waals surface area contributed by atoms with E-state index in [2.05, 4.69) is 13.2 Å². The lowest BCUT2D eigenvalue weighted by Gasteiger charge is -2.31. The smallest absolute Gasteiger partial charge is 0.335 e. The van der Waals surface area contributed by atoms with Crippen molar-refractivity contribution in [3.8, 4) is 23.0 Å². The maximum absolute atomic E-state index is 11.9. The Balaban J connectivity index is 2.71. The molecule has 0 radical (unpaired) electrons. The summed E-state index contributed by atoms with van der Waals surface area (Å²) in [4.78, 5) is 23.9. The van der Waals surface area contributed by atoms with Gasteiger partial charge in [0, 0.05) is 28.7 Å². The van der Waals surface area contributed by atoms with E-state index in [9.17, 15) is 19.8 Å². The molecule has 0 fully saturated rings. The Morgan fingerprint density at radius 3 is 1.51 bits per heavy atom. The summed E-state index contributed by atoms with van der Waals surface area (Å²) >= 11 is 0. The Morgan fingerprint density at radius 1 is 0.829 bits per heavy atom. The van der Waals surface area contributed by atoms with Crippen LogP contribution in [0.5, 0.6) is 23.0 Å². The van der Waals surface area contributed by atoms with Crippen LogP contribution in [0.4, 0.5) is 0 Å². The van der Waals surface area contributed by atoms with Crippen molar-refractivity contribution in [1.29, 1.82) is 0 Å². The molecule has 2 aromatic carbocycles. The standard InChI is InChI=1S/C27H32O8/c1-7-23(30)34-21-13-9-11-19(25(21)32-15-17(3)28)27(5,6)20-12-10-14-22(35-24(31)8-2)26(20)33-16-18(4)29/h7-14,17-18,28-29H,1-2,15-16H2,3-6H3. The van der Waals surface area contributed by atoms with Gasteiger partial charge >= 0.3 is 11.9 Å². The average Bonchev–Trinajstić information content (AvgIpc) is 2.81. The van der Waals surface area contributed by atoms with Gasteiger partial charge in [0.1, 0.15) is 13.2 Å². The molecule has 8 nitrogen and oxygen atoms in total. The van der Waals surface area contributed by atoms with Gasteiger partial charge in [0.25, 0.3) is 0 Å². The van der Waals surface area contributed by atoms with E-state index in [1.165, 1.54) is 0 Å². The predicted molar refractivity (Wildman–Crippen MR) is 131 cm³/mol. The van der Waals surface area contributed by atoms with Crippen molar-refractivity contribution in [1.82, 2.24) is 0 Å². The minimum Gasteiger partial charge on any atom is -0.487 e. The number of ether oxygens (including phenoxy) is 4. The number of carbonyl (C=O) groups is 2. The van der Waals surface area contributed by atoms with Crippen molar-refractivity contribution in [2.75, 3.05) is 13.2 Å². The van der Waals surface area contributed by atoms with Crippen LogP contribution in [-0.4, -0.2) is 47.6 Å². The largest absolute Gasteiger partial charge is 0.487 e. The van der Waals surface area contributed by atoms with Gasteiger partial charge in [-0.05, 0) is 26.0 Å². The van der Waals surface area contributed by atoms with Gasteiger partial charge in [-0.2, -0.15) is 0 Å². The van der Waals surface area contributed by atoms with Crippen LogP contribution < -0.4 is 18.9 Å². The molecule has 0 bridgehead atoms. The molecule has 0 aliphatic rings. The van der Waals surface area contributed by atoms with Crippen molar-refractivity contribution in [2.45, 2.75) is 45.3 Å². The molecule has 0 aliphatic carbocycles. The molecule has 0 saturated carbocycles. The van der Waals surface area contributed by atoms with E-state index in [0.29, 0.717) is 11.1 Å². The molecule has 0 aromatic heterocycles. The molecular weight excluding hydrogens is 452 g/mol. The minimum absolute atomic E-state index is 0.0475. The number of hydrogen-bond acceptors (Lipinski definition) is 8. The van der Waals surface area contributed by atoms with Crippen molar-refractivity contribution in [2.24, 2.45) is 0 Å². The summed E-state index contributed by atoms with van der Waals surface area (Å²) in [6.45, 7) is 13.7. The second-order valence-corrected chi connectivity index (χ2v) is 8.46. The van der Waals surface area contributed by atoms with Crippen LogP contribution >= 0.6 is 0 Å². The number of esters is 2. The second-order valence-electron chi connectivity index (χ2n) is 8.46. The van der Waals surface area contributed by atoms with Gasteiger partial charge in [0.05, 0.1) is 12.2 Å². The van der Waals surface area contributed by atoms with Gasteiger partial charge < -0.3 is 29.2 Å². The molecule has 188 valence electrons. The molecule has 0 amide bonds. The van der Waals surface area contributed by atoms with Crippen LogP contribution in [0, 0.1) is 0 Å². The van der Waals surface area contributed by atoms with Crippen LogP contribution in [0.3, 0.4) is 0 Å². The number of aliphatic hydroxyl groups excluding tert-OH is 2. The first-order chi connectivity index (χ1) is 16.5. The third kappa shape index (κ3) is 7.18. The fraction of sp³-hybridized carbons (Fsp3) is 0.333. The third-order valence-corrected chi connectivity index (χ3v) is 5.00. The molecule has 35 heavy (non-hydrogen) atoms. The molecule has 8 heteroatoms. The van der Waals surface area contributed by atoms with Gasteiger partial charge in [-0.25, -0.2) is 9.59 Å². The van der Waals surface area contributed by atoms with Crippen LogP contribution in [0.2, 0.25) is 0 Å². The monoisotopic (exact) mass is 484 g/mol. The minimum atomic E-state index is -0.852. The number of benzene rings is 2. The Kier molecular flexibility index (Phi) is 9.62. The zero-order valence-electron chi connectivity index (χ0n) is 20.4. The highest BCUT2D eigenvalue weighted by molar-refractivity contribution is 5.84. The molecule has 2 aromatic rings. The Bertz CT molecular complexity index is 985. The maximum Gasteiger partial charge on any atom is 0.335 e. The first-order valence-electron chi connectivity index (χ1n) is 11.1. The van der Waals surface area contributed by atoms with Crippen LogP contribution in [0.1, 0.15) is 38.8 Å². The summed E-state index contributed by atoms with van der Waals surface area (Å²) < 4.78 is 22.6.